The molecule has 2 aliphatic rings. The highest BCUT2D eigenvalue weighted by atomic mass is 16.1. The van der Waals surface area contributed by atoms with Crippen LogP contribution in [-0.2, 0) is 26.8 Å². The Balaban J connectivity index is 0.000000456. The molecule has 0 heterocycles. The van der Waals surface area contributed by atoms with Crippen molar-refractivity contribution < 1.29 is 9.59 Å². The van der Waals surface area contributed by atoms with E-state index in [4.69, 9.17) is 0 Å². The molecule has 1 aromatic carbocycles. The lowest BCUT2D eigenvalue weighted by atomic mass is 9.62. The quantitative estimate of drug-likeness (QED) is 0.213. The zero-order valence-corrected chi connectivity index (χ0v) is 29.8. The average molecular weight is 587 g/mol. The van der Waals surface area contributed by atoms with Crippen LogP contribution < -0.4 is 0 Å². The fourth-order valence-corrected chi connectivity index (χ4v) is 5.71. The molecule has 0 saturated carbocycles. The Morgan fingerprint density at radius 1 is 0.884 bits per heavy atom. The van der Waals surface area contributed by atoms with E-state index in [-0.39, 0.29) is 22.4 Å². The lowest BCUT2D eigenvalue weighted by molar-refractivity contribution is -0.116. The first kappa shape index (κ1) is 38.3. The SMILES string of the molecule is C=C/C(=C\C=C(/C)Cc1cc2c(cc1C)C(C)(C)CCC2(C)C)C(C)=O.CCC.CCC(C)C1=CC=C(CC(C)=O)CC1. The molecule has 1 atom stereocenters. The van der Waals surface area contributed by atoms with E-state index in [0.29, 0.717) is 17.9 Å². The molecule has 2 nitrogen and oxygen atoms in total. The number of allylic oxidation sites excluding steroid dienone is 9. The van der Waals surface area contributed by atoms with E-state index in [1.807, 2.05) is 12.2 Å². The number of Topliss-reactive ketones (excluding diaryl/α,β-unsaturated/α-hetero) is 2. The molecular formula is C41H62O2. The first-order chi connectivity index (χ1) is 20.0. The van der Waals surface area contributed by atoms with Crippen LogP contribution in [0.2, 0.25) is 0 Å². The minimum absolute atomic E-state index is 0.0537. The first-order valence-electron chi connectivity index (χ1n) is 16.6. The van der Waals surface area contributed by atoms with Crippen LogP contribution in [0, 0.1) is 12.8 Å². The summed E-state index contributed by atoms with van der Waals surface area (Å²) in [7, 11) is 0. The average Bonchev–Trinajstić information content (AvgIpc) is 2.93. The Hall–Kier alpha value is -2.74. The van der Waals surface area contributed by atoms with Gasteiger partial charge in [-0.3, -0.25) is 9.59 Å². The molecule has 0 aliphatic heterocycles. The van der Waals surface area contributed by atoms with E-state index in [1.165, 1.54) is 59.1 Å². The van der Waals surface area contributed by atoms with Crippen molar-refractivity contribution in [2.24, 2.45) is 5.92 Å². The monoisotopic (exact) mass is 586 g/mol. The second kappa shape index (κ2) is 17.5. The number of hydrogen-bond donors (Lipinski definition) is 0. The molecule has 0 bridgehead atoms. The van der Waals surface area contributed by atoms with E-state index in [1.54, 1.807) is 25.5 Å². The highest BCUT2D eigenvalue weighted by Crippen LogP contribution is 2.46. The van der Waals surface area contributed by atoms with Gasteiger partial charge in [0.15, 0.2) is 5.78 Å². The van der Waals surface area contributed by atoms with Crippen LogP contribution in [-0.4, -0.2) is 11.6 Å². The summed E-state index contributed by atoms with van der Waals surface area (Å²) in [5, 5.41) is 0. The predicted octanol–water partition coefficient (Wildman–Crippen LogP) is 11.6. The third-order valence-corrected chi connectivity index (χ3v) is 8.94. The van der Waals surface area contributed by atoms with Gasteiger partial charge in [0.25, 0.3) is 0 Å². The Morgan fingerprint density at radius 3 is 1.88 bits per heavy atom. The molecule has 43 heavy (non-hydrogen) atoms. The van der Waals surface area contributed by atoms with Gasteiger partial charge in [0.1, 0.15) is 5.78 Å². The van der Waals surface area contributed by atoms with Crippen molar-refractivity contribution in [1.82, 2.24) is 0 Å². The fourth-order valence-electron chi connectivity index (χ4n) is 5.71. The summed E-state index contributed by atoms with van der Waals surface area (Å²) in [6, 6.07) is 4.85. The highest BCUT2D eigenvalue weighted by Gasteiger charge is 2.37. The summed E-state index contributed by atoms with van der Waals surface area (Å²) >= 11 is 0. The molecule has 1 aromatic rings. The number of ketones is 2. The summed E-state index contributed by atoms with van der Waals surface area (Å²) in [5.74, 6) is 1.03. The van der Waals surface area contributed by atoms with Crippen LogP contribution in [0.4, 0.5) is 0 Å². The van der Waals surface area contributed by atoms with Crippen molar-refractivity contribution >= 4 is 11.6 Å². The van der Waals surface area contributed by atoms with Gasteiger partial charge in [-0.15, -0.1) is 0 Å². The van der Waals surface area contributed by atoms with E-state index in [9.17, 15) is 9.59 Å². The minimum Gasteiger partial charge on any atom is -0.300 e. The van der Waals surface area contributed by atoms with Crippen molar-refractivity contribution in [3.8, 4) is 0 Å². The zero-order chi connectivity index (χ0) is 33.0. The van der Waals surface area contributed by atoms with Gasteiger partial charge in [0, 0.05) is 12.0 Å². The van der Waals surface area contributed by atoms with Crippen molar-refractivity contribution in [2.75, 3.05) is 0 Å². The topological polar surface area (TPSA) is 34.1 Å². The number of benzene rings is 1. The van der Waals surface area contributed by atoms with Crippen molar-refractivity contribution in [1.29, 1.82) is 0 Å². The van der Waals surface area contributed by atoms with E-state index < -0.39 is 0 Å². The summed E-state index contributed by atoms with van der Waals surface area (Å²) < 4.78 is 0. The minimum atomic E-state index is 0.0537. The lowest BCUT2D eigenvalue weighted by Gasteiger charge is -2.42. The van der Waals surface area contributed by atoms with Gasteiger partial charge in [-0.2, -0.15) is 0 Å². The Bertz CT molecular complexity index is 1240. The number of carbonyl (C=O) groups excluding carboxylic acids is 2. The van der Waals surface area contributed by atoms with Crippen molar-refractivity contribution in [3.63, 3.8) is 0 Å². The lowest BCUT2D eigenvalue weighted by Crippen LogP contribution is -2.34. The summed E-state index contributed by atoms with van der Waals surface area (Å²) in [5.41, 5.74) is 11.0. The van der Waals surface area contributed by atoms with Crippen LogP contribution in [0.1, 0.15) is 143 Å². The van der Waals surface area contributed by atoms with Gasteiger partial charge >= 0.3 is 0 Å². The van der Waals surface area contributed by atoms with Crippen LogP contribution in [0.5, 0.6) is 0 Å². The van der Waals surface area contributed by atoms with Crippen LogP contribution >= 0.6 is 0 Å². The van der Waals surface area contributed by atoms with Crippen molar-refractivity contribution in [3.05, 3.63) is 93.6 Å². The Kier molecular flexibility index (Phi) is 15.6. The third kappa shape index (κ3) is 12.0. The predicted molar refractivity (Wildman–Crippen MR) is 189 cm³/mol. The molecule has 0 radical (unpaired) electrons. The van der Waals surface area contributed by atoms with Crippen molar-refractivity contribution in [2.45, 2.75) is 145 Å². The van der Waals surface area contributed by atoms with Crippen LogP contribution in [0.25, 0.3) is 0 Å². The molecule has 3 rings (SSSR count). The molecule has 0 N–H and O–H groups in total. The molecule has 2 heteroatoms. The van der Waals surface area contributed by atoms with Gasteiger partial charge in [-0.1, -0.05) is 128 Å². The Morgan fingerprint density at radius 2 is 1.44 bits per heavy atom. The third-order valence-electron chi connectivity index (χ3n) is 8.94. The highest BCUT2D eigenvalue weighted by molar-refractivity contribution is 5.96. The molecule has 1 unspecified atom stereocenters. The van der Waals surface area contributed by atoms with Gasteiger partial charge < -0.3 is 0 Å². The maximum Gasteiger partial charge on any atom is 0.159 e. The zero-order valence-electron chi connectivity index (χ0n) is 29.8. The van der Waals surface area contributed by atoms with Gasteiger partial charge in [-0.25, -0.2) is 0 Å². The van der Waals surface area contributed by atoms with Gasteiger partial charge in [0.2, 0.25) is 0 Å². The first-order valence-corrected chi connectivity index (χ1v) is 16.6. The molecule has 0 fully saturated rings. The van der Waals surface area contributed by atoms with Gasteiger partial charge in [-0.05, 0) is 105 Å². The summed E-state index contributed by atoms with van der Waals surface area (Å²) in [6.07, 6.45) is 18.6. The largest absolute Gasteiger partial charge is 0.300 e. The van der Waals surface area contributed by atoms with E-state index in [2.05, 4.69) is 100 Å². The number of hydrogen-bond acceptors (Lipinski definition) is 2. The molecular weight excluding hydrogens is 524 g/mol. The maximum atomic E-state index is 11.5. The number of carbonyl (C=O) groups is 2. The standard InChI is InChI=1S/C25H34O.C13H20O.C3H8/c1-9-20(19(4)26)11-10-17(2)14-21-16-23-22(15-18(21)3)24(5,6)12-13-25(23,7)8;1-4-10(2)13-7-5-12(6-8-13)9-11(3)14;1-3-2/h9-11,15-16H,1,12-14H2,2-8H3;5,7,10H,4,6,8-9H2,1-3H3;3H2,1-2H3/b17-10+,20-11+;;. The normalized spacial score (nSPS) is 18.0. The second-order valence-corrected chi connectivity index (χ2v) is 14.1. The Labute approximate surface area is 265 Å². The number of aryl methyl sites for hydroxylation is 1. The number of fused-ring (bicyclic) bond motifs is 1. The molecule has 0 aromatic heterocycles. The maximum absolute atomic E-state index is 11.5. The summed E-state index contributed by atoms with van der Waals surface area (Å²) in [6.45, 7) is 29.5. The molecule has 0 amide bonds. The summed E-state index contributed by atoms with van der Waals surface area (Å²) in [4.78, 5) is 22.4. The van der Waals surface area contributed by atoms with Crippen LogP contribution in [0.15, 0.2) is 71.4 Å². The van der Waals surface area contributed by atoms with Crippen LogP contribution in [0.3, 0.4) is 0 Å². The van der Waals surface area contributed by atoms with E-state index in [0.717, 1.165) is 19.3 Å². The van der Waals surface area contributed by atoms with E-state index >= 15 is 0 Å². The molecule has 0 saturated heterocycles. The molecule has 2 aliphatic carbocycles. The molecule has 0 spiro atoms. The molecule has 238 valence electrons. The fraction of sp³-hybridized carbons (Fsp3) is 0.561. The smallest absolute Gasteiger partial charge is 0.159 e. The number of rotatable bonds is 9. The second-order valence-electron chi connectivity index (χ2n) is 14.1. The van der Waals surface area contributed by atoms with Gasteiger partial charge in [0.05, 0.1) is 0 Å².